The Kier molecular flexibility index (Phi) is 17.9. The number of ether oxygens (including phenoxy) is 2. The number of benzene rings is 4. The lowest BCUT2D eigenvalue weighted by Crippen LogP contribution is -2.49. The van der Waals surface area contributed by atoms with Crippen LogP contribution in [0, 0.1) is 23.5 Å². The Balaban J connectivity index is 0.000000153. The number of amides is 2. The first kappa shape index (κ1) is 53.8. The third-order valence-electron chi connectivity index (χ3n) is 14.4. The molecule has 2 aliphatic carbocycles. The van der Waals surface area contributed by atoms with Crippen LogP contribution < -0.4 is 16.4 Å². The van der Waals surface area contributed by atoms with E-state index in [-0.39, 0.29) is 47.6 Å². The number of esters is 1. The third-order valence-corrected chi connectivity index (χ3v) is 16.3. The molecule has 0 spiro atoms. The van der Waals surface area contributed by atoms with Gasteiger partial charge in [0, 0.05) is 39.2 Å². The van der Waals surface area contributed by atoms with Crippen LogP contribution in [0.25, 0.3) is 44.1 Å². The predicted octanol–water partition coefficient (Wildman–Crippen LogP) is 10.8. The first-order valence-corrected chi connectivity index (χ1v) is 27.3. The zero-order chi connectivity index (χ0) is 51.8. The van der Waals surface area contributed by atoms with Crippen molar-refractivity contribution in [2.24, 2.45) is 17.6 Å². The molecule has 6 aromatic rings. The van der Waals surface area contributed by atoms with E-state index in [0.29, 0.717) is 49.0 Å². The highest BCUT2D eigenvalue weighted by atomic mass is 32.1. The molecule has 2 saturated heterocycles. The number of alkyl carbamates (subject to hydrolysis) is 1. The van der Waals surface area contributed by atoms with E-state index in [1.54, 1.807) is 55.6 Å². The summed E-state index contributed by atoms with van der Waals surface area (Å²) in [6.07, 6.45) is 8.62. The highest BCUT2D eigenvalue weighted by molar-refractivity contribution is 7.10. The number of aliphatic hydroxyl groups is 2. The smallest absolute Gasteiger partial charge is 0.408 e. The minimum Gasteiger partial charge on any atom is -0.467 e. The number of nitrogens with one attached hydrogen (secondary N) is 2. The van der Waals surface area contributed by atoms with Crippen LogP contribution in [-0.2, 0) is 19.1 Å². The van der Waals surface area contributed by atoms with Crippen molar-refractivity contribution in [1.29, 1.82) is 0 Å². The van der Waals surface area contributed by atoms with Gasteiger partial charge >= 0.3 is 12.1 Å². The summed E-state index contributed by atoms with van der Waals surface area (Å²) >= 11 is 3.24. The molecule has 4 aromatic carbocycles. The molecule has 0 radical (unpaired) electrons. The number of nitrogens with two attached hydrogens (primary N) is 1. The van der Waals surface area contributed by atoms with Gasteiger partial charge in [0.25, 0.3) is 0 Å². The maximum absolute atomic E-state index is 14.2. The van der Waals surface area contributed by atoms with Gasteiger partial charge in [-0.05, 0) is 151 Å². The molecule has 2 amide bonds. The summed E-state index contributed by atoms with van der Waals surface area (Å²) in [4.78, 5) is 48.5. The van der Waals surface area contributed by atoms with E-state index in [4.69, 9.17) is 25.2 Å². The van der Waals surface area contributed by atoms with Crippen molar-refractivity contribution in [3.63, 3.8) is 0 Å². The molecule has 4 aliphatic rings. The summed E-state index contributed by atoms with van der Waals surface area (Å²) in [7, 11) is 1.30. The molecule has 0 unspecified atom stereocenters. The SMILES string of the molecule is COC(=O)[C@@H](NC(=O)OC(C)(C)C)C1CCC(O)CC1.Fc1ccc(-c2csc([C@@H]3CCCN3)n2)c2ccccc12.N[C@H](C(=O)N1CCC[C@H]1c1nc(-c2ccc(F)c3ccccc23)cs1)C1CCC(O)CC1. The van der Waals surface area contributed by atoms with Crippen molar-refractivity contribution in [2.75, 3.05) is 20.2 Å². The fraction of sp³-hybridized carbons (Fsp3) is 0.482. The van der Waals surface area contributed by atoms with Gasteiger partial charge in [0.05, 0.1) is 48.8 Å². The number of rotatable bonds is 9. The molecular formula is C56H68F2N6O7S2. The minimum atomic E-state index is -0.720. The molecule has 10 rings (SSSR count). The Morgan fingerprint density at radius 1 is 0.726 bits per heavy atom. The highest BCUT2D eigenvalue weighted by Gasteiger charge is 2.39. The quantitative estimate of drug-likeness (QED) is 0.0867. The largest absolute Gasteiger partial charge is 0.467 e. The number of hydrogen-bond donors (Lipinski definition) is 5. The van der Waals surface area contributed by atoms with Crippen molar-refractivity contribution in [1.82, 2.24) is 25.5 Å². The lowest BCUT2D eigenvalue weighted by molar-refractivity contribution is -0.145. The van der Waals surface area contributed by atoms with Gasteiger partial charge in [-0.25, -0.2) is 28.3 Å². The molecule has 73 heavy (non-hydrogen) atoms. The molecule has 2 aliphatic heterocycles. The number of thiazole rings is 2. The molecule has 4 atom stereocenters. The topological polar surface area (TPSA) is 189 Å². The van der Waals surface area contributed by atoms with Gasteiger partial charge in [0.2, 0.25) is 5.91 Å². The number of carbonyl (C=O) groups is 3. The van der Waals surface area contributed by atoms with E-state index in [0.717, 1.165) is 94.8 Å². The fourth-order valence-electron chi connectivity index (χ4n) is 10.5. The molecule has 4 fully saturated rings. The lowest BCUT2D eigenvalue weighted by Gasteiger charge is -2.33. The lowest BCUT2D eigenvalue weighted by atomic mass is 9.82. The van der Waals surface area contributed by atoms with Crippen LogP contribution in [0.5, 0.6) is 0 Å². The Hall–Kier alpha value is -5.43. The molecule has 17 heteroatoms. The van der Waals surface area contributed by atoms with Gasteiger partial charge in [-0.15, -0.1) is 22.7 Å². The normalized spacial score (nSPS) is 22.9. The van der Waals surface area contributed by atoms with E-state index in [1.807, 2.05) is 58.8 Å². The highest BCUT2D eigenvalue weighted by Crippen LogP contribution is 2.39. The molecule has 4 heterocycles. The average Bonchev–Trinajstić information content (AvgIpc) is 4.25. The van der Waals surface area contributed by atoms with Crippen LogP contribution in [0.15, 0.2) is 83.6 Å². The third kappa shape index (κ3) is 13.3. The van der Waals surface area contributed by atoms with Gasteiger partial charge in [0.1, 0.15) is 33.3 Å². The number of carbonyl (C=O) groups excluding carboxylic acids is 3. The van der Waals surface area contributed by atoms with Crippen molar-refractivity contribution < 1.29 is 42.9 Å². The summed E-state index contributed by atoms with van der Waals surface area (Å²) in [5.74, 6) is -0.795. The van der Waals surface area contributed by atoms with E-state index < -0.39 is 29.7 Å². The monoisotopic (exact) mass is 1040 g/mol. The number of nitrogens with zero attached hydrogens (tertiary/aromatic N) is 3. The maximum atomic E-state index is 14.2. The predicted molar refractivity (Wildman–Crippen MR) is 283 cm³/mol. The maximum Gasteiger partial charge on any atom is 0.408 e. The van der Waals surface area contributed by atoms with Crippen LogP contribution in [-0.4, -0.2) is 93.1 Å². The first-order chi connectivity index (χ1) is 35.1. The minimum absolute atomic E-state index is 0.00197. The van der Waals surface area contributed by atoms with Gasteiger partial charge < -0.3 is 41.0 Å². The number of fused-ring (bicyclic) bond motifs is 2. The summed E-state index contributed by atoms with van der Waals surface area (Å²) in [6.45, 7) is 7.05. The summed E-state index contributed by atoms with van der Waals surface area (Å²) in [6, 6.07) is 20.7. The number of hydrogen-bond acceptors (Lipinski definition) is 13. The zero-order valence-corrected chi connectivity index (χ0v) is 43.7. The second kappa shape index (κ2) is 24.3. The van der Waals surface area contributed by atoms with Gasteiger partial charge in [-0.1, -0.05) is 48.5 Å². The Bertz CT molecular complexity index is 2830. The summed E-state index contributed by atoms with van der Waals surface area (Å²) in [5.41, 5.74) is 9.45. The first-order valence-electron chi connectivity index (χ1n) is 25.6. The van der Waals surface area contributed by atoms with Gasteiger partial charge in [0.15, 0.2) is 0 Å². The molecule has 6 N–H and O–H groups in total. The van der Waals surface area contributed by atoms with Crippen LogP contribution in [0.2, 0.25) is 0 Å². The average molecular weight is 1040 g/mol. The molecule has 13 nitrogen and oxygen atoms in total. The second-order valence-corrected chi connectivity index (χ2v) is 22.4. The zero-order valence-electron chi connectivity index (χ0n) is 42.0. The Morgan fingerprint density at radius 2 is 1.25 bits per heavy atom. The number of likely N-dealkylation sites (tertiary alicyclic amines) is 1. The van der Waals surface area contributed by atoms with Crippen LogP contribution in [0.3, 0.4) is 0 Å². The van der Waals surface area contributed by atoms with E-state index in [1.165, 1.54) is 25.7 Å². The van der Waals surface area contributed by atoms with Gasteiger partial charge in [-0.3, -0.25) is 4.79 Å². The van der Waals surface area contributed by atoms with Gasteiger partial charge in [-0.2, -0.15) is 0 Å². The number of methoxy groups -OCH3 is 1. The number of aromatic nitrogens is 2. The van der Waals surface area contributed by atoms with E-state index in [2.05, 4.69) is 16.0 Å². The van der Waals surface area contributed by atoms with Crippen LogP contribution >= 0.6 is 22.7 Å². The number of halogens is 2. The van der Waals surface area contributed by atoms with Crippen molar-refractivity contribution in [3.05, 3.63) is 105 Å². The molecule has 0 bridgehead atoms. The van der Waals surface area contributed by atoms with E-state index >= 15 is 0 Å². The Morgan fingerprint density at radius 3 is 1.77 bits per heavy atom. The van der Waals surface area contributed by atoms with E-state index in [9.17, 15) is 33.4 Å². The molecule has 2 aromatic heterocycles. The number of aliphatic hydroxyl groups excluding tert-OH is 2. The van der Waals surface area contributed by atoms with Crippen molar-refractivity contribution >= 4 is 62.2 Å². The summed E-state index contributed by atoms with van der Waals surface area (Å²) in [5, 5.41) is 34.5. The van der Waals surface area contributed by atoms with Crippen molar-refractivity contribution in [2.45, 2.75) is 140 Å². The van der Waals surface area contributed by atoms with Crippen molar-refractivity contribution in [3.8, 4) is 22.5 Å². The molecule has 2 saturated carbocycles. The van der Waals surface area contributed by atoms with Crippen LogP contribution in [0.4, 0.5) is 13.6 Å². The molecular weight excluding hydrogens is 971 g/mol. The second-order valence-electron chi connectivity index (χ2n) is 20.6. The molecule has 390 valence electrons. The van der Waals surface area contributed by atoms with Crippen LogP contribution in [0.1, 0.15) is 120 Å². The summed E-state index contributed by atoms with van der Waals surface area (Å²) < 4.78 is 38.1. The standard InChI is InChI=1S/C25H28FN3O2S.C17H15FN2S.C14H25NO5/c26-20-12-11-19(17-4-1-2-5-18(17)20)21-14-32-24(28-21)22-6-3-13-29(22)25(31)23(27)15-7-9-16(30)10-8-15;18-14-8-7-13(11-4-1-2-5-12(11)14)16-10-21-17(20-16)15-6-3-9-19-15;1-14(2,3)20-13(18)15-11(12(17)19-4)9-5-7-10(16)8-6-9/h1-2,4-5,11-12,14-16,22-23,30H,3,6-10,13,27H2;1-2,4-5,7-8,10,15,19H,3,6,9H2;9-11,16H,5-8H2,1-4H3,(H,15,18)/t15?,16?,22-,23-;15-;9?,10?,11-/m000/s1. The Labute approximate surface area is 433 Å². The fourth-order valence-corrected chi connectivity index (χ4v) is 12.4.